The van der Waals surface area contributed by atoms with Crippen LogP contribution in [0, 0.1) is 6.92 Å². The second-order valence-electron chi connectivity index (χ2n) is 3.65. The van der Waals surface area contributed by atoms with Crippen LogP contribution < -0.4 is 0 Å². The molecule has 4 heteroatoms. The average molecular weight is 234 g/mol. The largest absolute Gasteiger partial charge is 0.489 e. The zero-order valence-corrected chi connectivity index (χ0v) is 10.3. The fraction of sp³-hybridized carbons (Fsp3) is 0.308. The molecule has 1 rings (SSSR count). The maximum Gasteiger partial charge on any atom is 0.232 e. The number of hydrogen-bond donors (Lipinski definition) is 0. The van der Waals surface area contributed by atoms with E-state index in [1.807, 2.05) is 0 Å². The summed E-state index contributed by atoms with van der Waals surface area (Å²) in [6.45, 7) is 8.72. The van der Waals surface area contributed by atoms with Crippen molar-refractivity contribution in [1.29, 1.82) is 0 Å². The molecule has 0 heterocycles. The van der Waals surface area contributed by atoms with Crippen LogP contribution in [0.25, 0.3) is 0 Å². The van der Waals surface area contributed by atoms with Crippen molar-refractivity contribution in [3.63, 3.8) is 0 Å². The standard InChI is InChI=1S/C13H14O4/c1-7(2)6-9-8(3)10(14)12(16-4)13(17-5)11(9)15/h1,6H,2-5H3/b7-6+. The zero-order valence-electron chi connectivity index (χ0n) is 10.3. The molecule has 1 aliphatic rings. The minimum atomic E-state index is -0.397. The van der Waals surface area contributed by atoms with E-state index in [9.17, 15) is 9.59 Å². The Morgan fingerprint density at radius 3 is 2.00 bits per heavy atom. The van der Waals surface area contributed by atoms with Crippen molar-refractivity contribution >= 4 is 11.6 Å². The lowest BCUT2D eigenvalue weighted by Crippen LogP contribution is -2.24. The summed E-state index contributed by atoms with van der Waals surface area (Å²) in [5.74, 6) is -0.917. The zero-order chi connectivity index (χ0) is 13.2. The quantitative estimate of drug-likeness (QED) is 0.696. The van der Waals surface area contributed by atoms with Gasteiger partial charge in [-0.15, -0.1) is 0 Å². The van der Waals surface area contributed by atoms with E-state index in [0.717, 1.165) is 0 Å². The molecule has 0 fully saturated rings. The predicted molar refractivity (Wildman–Crippen MR) is 61.8 cm³/mol. The molecule has 0 atom stereocenters. The molecule has 0 aliphatic heterocycles. The minimum Gasteiger partial charge on any atom is -0.489 e. The summed E-state index contributed by atoms with van der Waals surface area (Å²) in [7, 11) is 2.64. The van der Waals surface area contributed by atoms with Crippen LogP contribution in [-0.4, -0.2) is 25.8 Å². The molecule has 0 bridgehead atoms. The SMILES string of the molecule is [CH]/C(C)=C\C1=C(C)C(=O)C(OC)=C(OC)C1=O. The Kier molecular flexibility index (Phi) is 3.89. The Balaban J connectivity index is 3.39. The van der Waals surface area contributed by atoms with Gasteiger partial charge < -0.3 is 9.47 Å². The van der Waals surface area contributed by atoms with Crippen LogP contribution in [0.3, 0.4) is 0 Å². The topological polar surface area (TPSA) is 52.6 Å². The number of carbonyl (C=O) groups is 2. The first-order valence-electron chi connectivity index (χ1n) is 5.00. The van der Waals surface area contributed by atoms with Crippen LogP contribution in [0.4, 0.5) is 0 Å². The fourth-order valence-corrected chi connectivity index (χ4v) is 1.56. The summed E-state index contributed by atoms with van der Waals surface area (Å²) in [4.78, 5) is 24.0. The van der Waals surface area contributed by atoms with Gasteiger partial charge in [0.1, 0.15) is 0 Å². The summed E-state index contributed by atoms with van der Waals surface area (Å²) in [6, 6.07) is 0. The summed E-state index contributed by atoms with van der Waals surface area (Å²) < 4.78 is 9.82. The van der Waals surface area contributed by atoms with Gasteiger partial charge in [-0.25, -0.2) is 0 Å². The number of Topliss-reactive ketones (excluding diaryl/α,β-unsaturated/α-hetero) is 2. The molecule has 1 aliphatic carbocycles. The molecule has 0 aromatic carbocycles. The van der Waals surface area contributed by atoms with E-state index in [4.69, 9.17) is 16.4 Å². The first-order chi connectivity index (χ1) is 7.93. The third kappa shape index (κ3) is 2.30. The fourth-order valence-electron chi connectivity index (χ4n) is 1.56. The molecular formula is C13H14O4. The number of ketones is 2. The Morgan fingerprint density at radius 1 is 1.12 bits per heavy atom. The average Bonchev–Trinajstić information content (AvgIpc) is 2.28. The number of hydrogen-bond acceptors (Lipinski definition) is 4. The molecule has 0 unspecified atom stereocenters. The van der Waals surface area contributed by atoms with Gasteiger partial charge in [0, 0.05) is 11.1 Å². The maximum atomic E-state index is 12.0. The Bertz CT molecular complexity index is 460. The van der Waals surface area contributed by atoms with Gasteiger partial charge in [0.2, 0.25) is 23.1 Å². The van der Waals surface area contributed by atoms with E-state index in [-0.39, 0.29) is 22.9 Å². The Morgan fingerprint density at radius 2 is 1.59 bits per heavy atom. The van der Waals surface area contributed by atoms with Crippen LogP contribution in [0.1, 0.15) is 13.8 Å². The number of allylic oxidation sites excluding steroid dienone is 4. The summed E-state index contributed by atoms with van der Waals surface area (Å²) in [5, 5.41) is 0. The van der Waals surface area contributed by atoms with Gasteiger partial charge in [0.05, 0.1) is 14.2 Å². The van der Waals surface area contributed by atoms with Gasteiger partial charge in [-0.2, -0.15) is 0 Å². The molecule has 0 N–H and O–H groups in total. The molecular weight excluding hydrogens is 220 g/mol. The molecule has 0 aromatic rings. The third-order valence-electron chi connectivity index (χ3n) is 2.39. The molecule has 4 nitrogen and oxygen atoms in total. The van der Waals surface area contributed by atoms with Crippen molar-refractivity contribution in [3.8, 4) is 0 Å². The van der Waals surface area contributed by atoms with Crippen LogP contribution in [-0.2, 0) is 19.1 Å². The van der Waals surface area contributed by atoms with E-state index in [1.54, 1.807) is 13.8 Å². The second kappa shape index (κ2) is 4.99. The summed E-state index contributed by atoms with van der Waals surface area (Å²) in [5.41, 5.74) is 0.988. The predicted octanol–water partition coefficient (Wildman–Crippen LogP) is 1.62. The number of rotatable bonds is 3. The smallest absolute Gasteiger partial charge is 0.232 e. The first kappa shape index (κ1) is 13.2. The van der Waals surface area contributed by atoms with Crippen molar-refractivity contribution in [3.05, 3.63) is 41.2 Å². The van der Waals surface area contributed by atoms with E-state index in [0.29, 0.717) is 11.1 Å². The van der Waals surface area contributed by atoms with Crippen LogP contribution in [0.5, 0.6) is 0 Å². The highest BCUT2D eigenvalue weighted by atomic mass is 16.5. The molecule has 0 amide bonds. The van der Waals surface area contributed by atoms with E-state index in [1.165, 1.54) is 20.3 Å². The number of methoxy groups -OCH3 is 2. The van der Waals surface area contributed by atoms with Crippen molar-refractivity contribution in [1.82, 2.24) is 0 Å². The Hall–Kier alpha value is -1.84. The maximum absolute atomic E-state index is 12.0. The van der Waals surface area contributed by atoms with Crippen molar-refractivity contribution in [2.24, 2.45) is 0 Å². The molecule has 2 radical (unpaired) electrons. The monoisotopic (exact) mass is 234 g/mol. The second-order valence-corrected chi connectivity index (χ2v) is 3.65. The summed E-state index contributed by atoms with van der Waals surface area (Å²) in [6.07, 6.45) is 1.46. The third-order valence-corrected chi connectivity index (χ3v) is 2.39. The van der Waals surface area contributed by atoms with E-state index in [2.05, 4.69) is 0 Å². The molecule has 17 heavy (non-hydrogen) atoms. The van der Waals surface area contributed by atoms with Crippen LogP contribution in [0.2, 0.25) is 0 Å². The highest BCUT2D eigenvalue weighted by Crippen LogP contribution is 2.26. The van der Waals surface area contributed by atoms with Crippen LogP contribution in [0.15, 0.2) is 34.3 Å². The minimum absolute atomic E-state index is 0.0678. The first-order valence-corrected chi connectivity index (χ1v) is 5.00. The number of ether oxygens (including phenoxy) is 2. The molecule has 0 spiro atoms. The Labute approximate surface area is 101 Å². The van der Waals surface area contributed by atoms with E-state index >= 15 is 0 Å². The van der Waals surface area contributed by atoms with Gasteiger partial charge in [0.15, 0.2) is 0 Å². The highest BCUT2D eigenvalue weighted by Gasteiger charge is 2.33. The number of carbonyl (C=O) groups excluding carboxylic acids is 2. The van der Waals surface area contributed by atoms with Gasteiger partial charge in [-0.05, 0) is 20.8 Å². The van der Waals surface area contributed by atoms with Gasteiger partial charge in [-0.1, -0.05) is 11.6 Å². The van der Waals surface area contributed by atoms with Crippen LogP contribution >= 0.6 is 0 Å². The van der Waals surface area contributed by atoms with Crippen molar-refractivity contribution < 1.29 is 19.1 Å². The molecule has 0 saturated heterocycles. The summed E-state index contributed by atoms with van der Waals surface area (Å²) >= 11 is 0. The molecule has 0 aromatic heterocycles. The van der Waals surface area contributed by atoms with Crippen molar-refractivity contribution in [2.75, 3.05) is 14.2 Å². The molecule has 90 valence electrons. The van der Waals surface area contributed by atoms with Gasteiger partial charge in [-0.3, -0.25) is 9.59 Å². The van der Waals surface area contributed by atoms with E-state index < -0.39 is 5.78 Å². The highest BCUT2D eigenvalue weighted by molar-refractivity contribution is 6.24. The van der Waals surface area contributed by atoms with Gasteiger partial charge >= 0.3 is 0 Å². The lowest BCUT2D eigenvalue weighted by Gasteiger charge is -2.18. The normalized spacial score (nSPS) is 17.8. The lowest BCUT2D eigenvalue weighted by molar-refractivity contribution is -0.120. The van der Waals surface area contributed by atoms with Crippen molar-refractivity contribution in [2.45, 2.75) is 13.8 Å². The lowest BCUT2D eigenvalue weighted by atomic mass is 9.92. The molecule has 0 saturated carbocycles. The van der Waals surface area contributed by atoms with Gasteiger partial charge in [0.25, 0.3) is 0 Å².